The fraction of sp³-hybridized carbons (Fsp3) is 1.00. The van der Waals surface area contributed by atoms with E-state index in [0.717, 1.165) is 23.9 Å². The molecule has 1 aliphatic heterocycles. The lowest BCUT2D eigenvalue weighted by atomic mass is 10.0. The van der Waals surface area contributed by atoms with E-state index in [-0.39, 0.29) is 0 Å². The second-order valence-electron chi connectivity index (χ2n) is 6.48. The van der Waals surface area contributed by atoms with E-state index in [1.165, 1.54) is 51.7 Å². The third-order valence-electron chi connectivity index (χ3n) is 4.34. The average molecular weight is 238 g/mol. The van der Waals surface area contributed by atoms with Crippen molar-refractivity contribution in [2.24, 2.45) is 11.8 Å². The van der Waals surface area contributed by atoms with E-state index in [1.807, 2.05) is 0 Å². The van der Waals surface area contributed by atoms with Gasteiger partial charge in [-0.1, -0.05) is 27.2 Å². The van der Waals surface area contributed by atoms with Crippen LogP contribution in [-0.4, -0.2) is 36.6 Å². The molecule has 1 heterocycles. The van der Waals surface area contributed by atoms with Crippen molar-refractivity contribution in [1.29, 1.82) is 0 Å². The van der Waals surface area contributed by atoms with Gasteiger partial charge in [-0.2, -0.15) is 0 Å². The van der Waals surface area contributed by atoms with Crippen LogP contribution in [0, 0.1) is 11.8 Å². The lowest BCUT2D eigenvalue weighted by Gasteiger charge is -2.41. The average Bonchev–Trinajstić information content (AvgIpc) is 3.11. The van der Waals surface area contributed by atoms with Crippen molar-refractivity contribution in [3.8, 4) is 0 Å². The molecule has 17 heavy (non-hydrogen) atoms. The quantitative estimate of drug-likeness (QED) is 0.765. The molecule has 1 saturated carbocycles. The van der Waals surface area contributed by atoms with Crippen molar-refractivity contribution in [2.45, 2.75) is 65.0 Å². The molecule has 2 aliphatic rings. The minimum atomic E-state index is 0.752. The second kappa shape index (κ2) is 6.19. The Morgan fingerprint density at radius 2 is 2.06 bits per heavy atom. The summed E-state index contributed by atoms with van der Waals surface area (Å²) in [5, 5.41) is 3.77. The van der Waals surface area contributed by atoms with Gasteiger partial charge < -0.3 is 5.32 Å². The molecule has 2 heteroatoms. The first kappa shape index (κ1) is 13.4. The Kier molecular flexibility index (Phi) is 4.87. The van der Waals surface area contributed by atoms with Crippen LogP contribution < -0.4 is 5.32 Å². The van der Waals surface area contributed by atoms with E-state index in [4.69, 9.17) is 0 Å². The molecule has 1 saturated heterocycles. The molecule has 1 N–H and O–H groups in total. The molecule has 0 aromatic carbocycles. The van der Waals surface area contributed by atoms with E-state index in [9.17, 15) is 0 Å². The Morgan fingerprint density at radius 1 is 1.29 bits per heavy atom. The zero-order valence-electron chi connectivity index (χ0n) is 11.9. The summed E-state index contributed by atoms with van der Waals surface area (Å²) in [7, 11) is 0. The summed E-state index contributed by atoms with van der Waals surface area (Å²) in [6, 6.07) is 1.60. The van der Waals surface area contributed by atoms with Gasteiger partial charge in [-0.3, -0.25) is 4.90 Å². The number of hydrogen-bond donors (Lipinski definition) is 1. The first-order chi connectivity index (χ1) is 8.20. The molecule has 1 aliphatic carbocycles. The van der Waals surface area contributed by atoms with Crippen molar-refractivity contribution in [3.05, 3.63) is 0 Å². The fourth-order valence-electron chi connectivity index (χ4n) is 3.07. The molecule has 0 aromatic rings. The first-order valence-corrected chi connectivity index (χ1v) is 7.68. The molecular weight excluding hydrogens is 208 g/mol. The highest BCUT2D eigenvalue weighted by molar-refractivity contribution is 4.94. The lowest BCUT2D eigenvalue weighted by Crippen LogP contribution is -2.57. The smallest absolute Gasteiger partial charge is 0.0249 e. The number of piperazine rings is 1. The summed E-state index contributed by atoms with van der Waals surface area (Å²) in [6.45, 7) is 10.8. The molecule has 100 valence electrons. The molecule has 2 unspecified atom stereocenters. The third kappa shape index (κ3) is 3.96. The first-order valence-electron chi connectivity index (χ1n) is 7.68. The Balaban J connectivity index is 1.84. The third-order valence-corrected chi connectivity index (χ3v) is 4.34. The molecule has 2 rings (SSSR count). The molecule has 2 nitrogen and oxygen atoms in total. The van der Waals surface area contributed by atoms with Crippen molar-refractivity contribution in [2.75, 3.05) is 19.6 Å². The van der Waals surface area contributed by atoms with Gasteiger partial charge in [-0.25, -0.2) is 0 Å². The maximum absolute atomic E-state index is 3.77. The topological polar surface area (TPSA) is 15.3 Å². The van der Waals surface area contributed by atoms with E-state index in [2.05, 4.69) is 31.0 Å². The van der Waals surface area contributed by atoms with Gasteiger partial charge in [0.2, 0.25) is 0 Å². The van der Waals surface area contributed by atoms with Crippen molar-refractivity contribution >= 4 is 0 Å². The van der Waals surface area contributed by atoms with E-state index in [1.54, 1.807) is 0 Å². The van der Waals surface area contributed by atoms with Crippen LogP contribution in [0.3, 0.4) is 0 Å². The summed E-state index contributed by atoms with van der Waals surface area (Å²) in [5.41, 5.74) is 0. The van der Waals surface area contributed by atoms with Crippen LogP contribution in [0.2, 0.25) is 0 Å². The van der Waals surface area contributed by atoms with Crippen LogP contribution in [0.1, 0.15) is 52.9 Å². The summed E-state index contributed by atoms with van der Waals surface area (Å²) >= 11 is 0. The van der Waals surface area contributed by atoms with E-state index in [0.29, 0.717) is 0 Å². The highest BCUT2D eigenvalue weighted by Crippen LogP contribution is 2.36. The van der Waals surface area contributed by atoms with Crippen LogP contribution in [-0.2, 0) is 0 Å². The lowest BCUT2D eigenvalue weighted by molar-refractivity contribution is 0.106. The van der Waals surface area contributed by atoms with Crippen molar-refractivity contribution in [1.82, 2.24) is 10.2 Å². The highest BCUT2D eigenvalue weighted by Gasteiger charge is 2.38. The standard InChI is InChI=1S/C15H30N2/c1-4-5-14-11-17(9-8-12(2)3)15(10-16-14)13-6-7-13/h12-16H,4-11H2,1-3H3. The maximum Gasteiger partial charge on any atom is 0.0249 e. The Morgan fingerprint density at radius 3 is 2.65 bits per heavy atom. The fourth-order valence-corrected chi connectivity index (χ4v) is 3.07. The monoisotopic (exact) mass is 238 g/mol. The predicted molar refractivity (Wildman–Crippen MR) is 74.2 cm³/mol. The molecule has 0 amide bonds. The van der Waals surface area contributed by atoms with E-state index >= 15 is 0 Å². The molecule has 0 spiro atoms. The maximum atomic E-state index is 3.77. The summed E-state index contributed by atoms with van der Waals surface area (Å²) < 4.78 is 0. The van der Waals surface area contributed by atoms with Gasteiger partial charge >= 0.3 is 0 Å². The zero-order valence-corrected chi connectivity index (χ0v) is 11.9. The minimum absolute atomic E-state index is 0.752. The Labute approximate surface area is 107 Å². The Bertz CT molecular complexity index is 223. The van der Waals surface area contributed by atoms with Crippen LogP contribution in [0.25, 0.3) is 0 Å². The van der Waals surface area contributed by atoms with Crippen LogP contribution in [0.15, 0.2) is 0 Å². The van der Waals surface area contributed by atoms with Gasteiger partial charge in [-0.15, -0.1) is 0 Å². The van der Waals surface area contributed by atoms with E-state index < -0.39 is 0 Å². The minimum Gasteiger partial charge on any atom is -0.311 e. The van der Waals surface area contributed by atoms with Gasteiger partial charge in [-0.05, 0) is 44.1 Å². The molecular formula is C15H30N2. The molecule has 0 bridgehead atoms. The highest BCUT2D eigenvalue weighted by atomic mass is 15.2. The van der Waals surface area contributed by atoms with Gasteiger partial charge in [0, 0.05) is 25.2 Å². The second-order valence-corrected chi connectivity index (χ2v) is 6.48. The van der Waals surface area contributed by atoms with Crippen LogP contribution in [0.4, 0.5) is 0 Å². The van der Waals surface area contributed by atoms with Gasteiger partial charge in [0.15, 0.2) is 0 Å². The Hall–Kier alpha value is -0.0800. The SMILES string of the molecule is CCCC1CN(CCC(C)C)C(C2CC2)CN1. The van der Waals surface area contributed by atoms with Crippen molar-refractivity contribution < 1.29 is 0 Å². The summed E-state index contributed by atoms with van der Waals surface area (Å²) in [4.78, 5) is 2.80. The molecule has 0 aromatic heterocycles. The normalized spacial score (nSPS) is 31.1. The van der Waals surface area contributed by atoms with Gasteiger partial charge in [0.05, 0.1) is 0 Å². The molecule has 2 atom stereocenters. The summed E-state index contributed by atoms with van der Waals surface area (Å²) in [6.07, 6.45) is 6.97. The number of nitrogens with zero attached hydrogens (tertiary/aromatic N) is 1. The predicted octanol–water partition coefficient (Wildman–Crippen LogP) is 2.89. The largest absolute Gasteiger partial charge is 0.311 e. The van der Waals surface area contributed by atoms with Crippen molar-refractivity contribution in [3.63, 3.8) is 0 Å². The molecule has 2 fully saturated rings. The molecule has 0 radical (unpaired) electrons. The zero-order chi connectivity index (χ0) is 12.3. The van der Waals surface area contributed by atoms with Crippen LogP contribution in [0.5, 0.6) is 0 Å². The number of nitrogens with one attached hydrogen (secondary N) is 1. The number of rotatable bonds is 6. The van der Waals surface area contributed by atoms with Gasteiger partial charge in [0.25, 0.3) is 0 Å². The number of hydrogen-bond acceptors (Lipinski definition) is 2. The van der Waals surface area contributed by atoms with Crippen LogP contribution >= 0.6 is 0 Å². The van der Waals surface area contributed by atoms with Gasteiger partial charge in [0.1, 0.15) is 0 Å². The summed E-state index contributed by atoms with van der Waals surface area (Å²) in [5.74, 6) is 1.85.